The van der Waals surface area contributed by atoms with Crippen LogP contribution in [0.15, 0.2) is 42.7 Å². The molecule has 2 saturated heterocycles. The summed E-state index contributed by atoms with van der Waals surface area (Å²) < 4.78 is 44.3. The molecule has 0 amide bonds. The first-order valence-corrected chi connectivity index (χ1v) is 10.4. The highest BCUT2D eigenvalue weighted by Crippen LogP contribution is 2.33. The fourth-order valence-electron chi connectivity index (χ4n) is 4.45. The molecule has 4 heterocycles. The average Bonchev–Trinajstić information content (AvgIpc) is 2.80. The first-order chi connectivity index (χ1) is 14.9. The SMILES string of the molecule is O=C(c1ccccn1)C1(N2CCN(Cc3ccnc(C(F)(F)F)c3)CC2)CCOCC1. The van der Waals surface area contributed by atoms with E-state index in [-0.39, 0.29) is 5.78 Å². The number of aromatic nitrogens is 2. The van der Waals surface area contributed by atoms with Gasteiger partial charge >= 0.3 is 6.18 Å². The van der Waals surface area contributed by atoms with Crippen LogP contribution in [0.1, 0.15) is 34.6 Å². The molecule has 4 rings (SSSR count). The second kappa shape index (κ2) is 9.02. The number of ketones is 1. The van der Waals surface area contributed by atoms with E-state index in [0.29, 0.717) is 70.0 Å². The standard InChI is InChI=1S/C22H25F3N4O2/c23-22(24,25)19-15-17(4-8-27-19)16-28-9-11-29(12-10-28)21(5-13-31-14-6-21)20(30)18-3-1-2-7-26-18/h1-4,7-8,15H,5-6,9-14,16H2. The predicted octanol–water partition coefficient (Wildman–Crippen LogP) is 3.05. The number of carbonyl (C=O) groups is 1. The largest absolute Gasteiger partial charge is 0.433 e. The Kier molecular flexibility index (Phi) is 6.36. The summed E-state index contributed by atoms with van der Waals surface area (Å²) >= 11 is 0. The number of carbonyl (C=O) groups excluding carboxylic acids is 1. The van der Waals surface area contributed by atoms with Crippen molar-refractivity contribution >= 4 is 5.78 Å². The number of hydrogen-bond acceptors (Lipinski definition) is 6. The van der Waals surface area contributed by atoms with Crippen molar-refractivity contribution in [2.75, 3.05) is 39.4 Å². The van der Waals surface area contributed by atoms with Gasteiger partial charge in [-0.3, -0.25) is 24.6 Å². The molecule has 9 heteroatoms. The van der Waals surface area contributed by atoms with Gasteiger partial charge in [0.2, 0.25) is 5.78 Å². The van der Waals surface area contributed by atoms with Crippen molar-refractivity contribution in [2.24, 2.45) is 0 Å². The lowest BCUT2D eigenvalue weighted by Crippen LogP contribution is -2.62. The molecular formula is C22H25F3N4O2. The van der Waals surface area contributed by atoms with Crippen molar-refractivity contribution in [3.05, 3.63) is 59.7 Å². The van der Waals surface area contributed by atoms with Crippen LogP contribution < -0.4 is 0 Å². The van der Waals surface area contributed by atoms with Gasteiger partial charge in [0.05, 0.1) is 5.54 Å². The van der Waals surface area contributed by atoms with E-state index in [2.05, 4.69) is 19.8 Å². The second-order valence-corrected chi connectivity index (χ2v) is 8.00. The van der Waals surface area contributed by atoms with E-state index in [1.54, 1.807) is 24.4 Å². The van der Waals surface area contributed by atoms with Crippen LogP contribution in [0.5, 0.6) is 0 Å². The number of pyridine rings is 2. The Labute approximate surface area is 179 Å². The lowest BCUT2D eigenvalue weighted by atomic mass is 9.81. The lowest BCUT2D eigenvalue weighted by molar-refractivity contribution is -0.141. The topological polar surface area (TPSA) is 58.6 Å². The van der Waals surface area contributed by atoms with Crippen LogP contribution >= 0.6 is 0 Å². The molecule has 0 aromatic carbocycles. The summed E-state index contributed by atoms with van der Waals surface area (Å²) in [5, 5.41) is 0. The molecule has 2 aliphatic heterocycles. The molecule has 0 aliphatic carbocycles. The van der Waals surface area contributed by atoms with Crippen LogP contribution in [-0.4, -0.2) is 70.5 Å². The molecule has 0 saturated carbocycles. The van der Waals surface area contributed by atoms with E-state index in [0.717, 1.165) is 6.07 Å². The maximum atomic E-state index is 13.4. The fourth-order valence-corrected chi connectivity index (χ4v) is 4.45. The maximum Gasteiger partial charge on any atom is 0.433 e. The Hall–Kier alpha value is -2.36. The Balaban J connectivity index is 1.44. The monoisotopic (exact) mass is 434 g/mol. The number of hydrogen-bond donors (Lipinski definition) is 0. The molecule has 2 aromatic heterocycles. The minimum absolute atomic E-state index is 0.0220. The number of nitrogens with zero attached hydrogens (tertiary/aromatic N) is 4. The number of alkyl halides is 3. The van der Waals surface area contributed by atoms with Gasteiger partial charge in [-0.15, -0.1) is 0 Å². The molecule has 6 nitrogen and oxygen atoms in total. The van der Waals surface area contributed by atoms with Gasteiger partial charge in [0.1, 0.15) is 11.4 Å². The second-order valence-electron chi connectivity index (χ2n) is 8.00. The van der Waals surface area contributed by atoms with E-state index in [4.69, 9.17) is 4.74 Å². The van der Waals surface area contributed by atoms with E-state index >= 15 is 0 Å². The molecule has 0 atom stereocenters. The summed E-state index contributed by atoms with van der Waals surface area (Å²) in [4.78, 5) is 25.5. The zero-order chi connectivity index (χ0) is 21.9. The third kappa shape index (κ3) is 4.78. The molecule has 0 radical (unpaired) electrons. The van der Waals surface area contributed by atoms with Crippen molar-refractivity contribution in [3.8, 4) is 0 Å². The highest BCUT2D eigenvalue weighted by atomic mass is 19.4. The van der Waals surface area contributed by atoms with Gasteiger partial charge in [0.15, 0.2) is 0 Å². The van der Waals surface area contributed by atoms with Crippen LogP contribution in [0.25, 0.3) is 0 Å². The maximum absolute atomic E-state index is 13.4. The van der Waals surface area contributed by atoms with Gasteiger partial charge in [-0.05, 0) is 42.7 Å². The highest BCUT2D eigenvalue weighted by molar-refractivity contribution is 6.01. The average molecular weight is 434 g/mol. The van der Waals surface area contributed by atoms with E-state index < -0.39 is 17.4 Å². The van der Waals surface area contributed by atoms with Gasteiger partial charge < -0.3 is 4.74 Å². The van der Waals surface area contributed by atoms with Gasteiger partial charge in [0, 0.05) is 58.3 Å². The number of halogens is 3. The Morgan fingerprint density at radius 3 is 2.42 bits per heavy atom. The van der Waals surface area contributed by atoms with Crippen LogP contribution in [-0.2, 0) is 17.5 Å². The van der Waals surface area contributed by atoms with Crippen molar-refractivity contribution in [1.82, 2.24) is 19.8 Å². The van der Waals surface area contributed by atoms with Crippen molar-refractivity contribution in [2.45, 2.75) is 31.1 Å². The van der Waals surface area contributed by atoms with Crippen LogP contribution in [0.3, 0.4) is 0 Å². The lowest BCUT2D eigenvalue weighted by Gasteiger charge is -2.48. The van der Waals surface area contributed by atoms with Gasteiger partial charge in [-0.25, -0.2) is 0 Å². The minimum Gasteiger partial charge on any atom is -0.381 e. The molecule has 2 aliphatic rings. The molecule has 0 N–H and O–H groups in total. The summed E-state index contributed by atoms with van der Waals surface area (Å²) in [7, 11) is 0. The summed E-state index contributed by atoms with van der Waals surface area (Å²) in [5.41, 5.74) is -0.464. The summed E-state index contributed by atoms with van der Waals surface area (Å²) in [6, 6.07) is 8.07. The van der Waals surface area contributed by atoms with Crippen molar-refractivity contribution < 1.29 is 22.7 Å². The fraction of sp³-hybridized carbons (Fsp3) is 0.500. The van der Waals surface area contributed by atoms with Gasteiger partial charge in [-0.1, -0.05) is 6.07 Å². The third-order valence-electron chi connectivity index (χ3n) is 6.14. The zero-order valence-corrected chi connectivity index (χ0v) is 17.1. The molecular weight excluding hydrogens is 409 g/mol. The first kappa shape index (κ1) is 21.9. The molecule has 31 heavy (non-hydrogen) atoms. The Morgan fingerprint density at radius 2 is 1.77 bits per heavy atom. The number of Topliss-reactive ketones (excluding diaryl/α,β-unsaturated/α-hetero) is 1. The molecule has 0 spiro atoms. The summed E-state index contributed by atoms with van der Waals surface area (Å²) in [6.07, 6.45) is -0.390. The van der Waals surface area contributed by atoms with E-state index in [9.17, 15) is 18.0 Å². The Morgan fingerprint density at radius 1 is 1.03 bits per heavy atom. The number of piperazine rings is 1. The van der Waals surface area contributed by atoms with Crippen molar-refractivity contribution in [1.29, 1.82) is 0 Å². The Bertz CT molecular complexity index is 893. The summed E-state index contributed by atoms with van der Waals surface area (Å²) in [5.74, 6) is 0.0220. The minimum atomic E-state index is -4.45. The molecule has 166 valence electrons. The number of rotatable bonds is 5. The quantitative estimate of drug-likeness (QED) is 0.675. The molecule has 2 aromatic rings. The normalized spacial score (nSPS) is 20.5. The molecule has 2 fully saturated rings. The predicted molar refractivity (Wildman–Crippen MR) is 107 cm³/mol. The highest BCUT2D eigenvalue weighted by Gasteiger charge is 2.46. The molecule has 0 unspecified atom stereocenters. The third-order valence-corrected chi connectivity index (χ3v) is 6.14. The van der Waals surface area contributed by atoms with Crippen LogP contribution in [0.4, 0.5) is 13.2 Å². The van der Waals surface area contributed by atoms with Gasteiger partial charge in [-0.2, -0.15) is 13.2 Å². The first-order valence-electron chi connectivity index (χ1n) is 10.4. The molecule has 0 bridgehead atoms. The van der Waals surface area contributed by atoms with Gasteiger partial charge in [0.25, 0.3) is 0 Å². The summed E-state index contributed by atoms with van der Waals surface area (Å²) in [6.45, 7) is 4.13. The van der Waals surface area contributed by atoms with E-state index in [1.807, 2.05) is 6.07 Å². The van der Waals surface area contributed by atoms with Crippen LogP contribution in [0.2, 0.25) is 0 Å². The number of ether oxygens (including phenoxy) is 1. The van der Waals surface area contributed by atoms with Crippen molar-refractivity contribution in [3.63, 3.8) is 0 Å². The van der Waals surface area contributed by atoms with Crippen LogP contribution in [0, 0.1) is 0 Å². The zero-order valence-electron chi connectivity index (χ0n) is 17.1. The van der Waals surface area contributed by atoms with E-state index in [1.165, 1.54) is 6.20 Å². The smallest absolute Gasteiger partial charge is 0.381 e.